The van der Waals surface area contributed by atoms with Gasteiger partial charge in [-0.2, -0.15) is 0 Å². The molecule has 2 aromatic rings. The van der Waals surface area contributed by atoms with Crippen LogP contribution in [0.5, 0.6) is 0 Å². The van der Waals surface area contributed by atoms with Gasteiger partial charge in [-0.05, 0) is 24.3 Å². The van der Waals surface area contributed by atoms with Crippen molar-refractivity contribution in [3.8, 4) is 0 Å². The zero-order valence-corrected chi connectivity index (χ0v) is 10.3. The van der Waals surface area contributed by atoms with Crippen LogP contribution in [-0.2, 0) is 0 Å². The Balaban J connectivity index is 2.19. The minimum Gasteiger partial charge on any atom is -0.389 e. The summed E-state index contributed by atoms with van der Waals surface area (Å²) in [4.78, 5) is 16.2. The third-order valence-corrected chi connectivity index (χ3v) is 2.56. The summed E-state index contributed by atoms with van der Waals surface area (Å²) in [5, 5.41) is 2.74. The summed E-state index contributed by atoms with van der Waals surface area (Å²) in [5.41, 5.74) is 7.34. The first-order chi connectivity index (χ1) is 8.66. The lowest BCUT2D eigenvalue weighted by atomic mass is 10.1. The molecule has 0 unspecified atom stereocenters. The molecule has 4 nitrogen and oxygen atoms in total. The zero-order chi connectivity index (χ0) is 13.0. The second kappa shape index (κ2) is 5.37. The molecule has 0 saturated carbocycles. The minimum absolute atomic E-state index is 0.221. The largest absolute Gasteiger partial charge is 0.389 e. The van der Waals surface area contributed by atoms with Crippen molar-refractivity contribution < 1.29 is 4.79 Å². The predicted molar refractivity (Wildman–Crippen MR) is 74.5 cm³/mol. The molecule has 0 saturated heterocycles. The van der Waals surface area contributed by atoms with Gasteiger partial charge in [-0.25, -0.2) is 0 Å². The lowest BCUT2D eigenvalue weighted by Gasteiger charge is -2.05. The third-order valence-electron chi connectivity index (χ3n) is 2.33. The van der Waals surface area contributed by atoms with Gasteiger partial charge in [0.1, 0.15) is 4.99 Å². The van der Waals surface area contributed by atoms with Gasteiger partial charge in [0.25, 0.3) is 5.91 Å². The van der Waals surface area contributed by atoms with Gasteiger partial charge in [0.15, 0.2) is 0 Å². The maximum absolute atomic E-state index is 12.0. The number of rotatable bonds is 3. The number of carbonyl (C=O) groups excluding carboxylic acids is 1. The highest BCUT2D eigenvalue weighted by atomic mass is 32.1. The number of nitrogens with two attached hydrogens (primary N) is 1. The summed E-state index contributed by atoms with van der Waals surface area (Å²) in [5.74, 6) is -0.221. The van der Waals surface area contributed by atoms with Crippen molar-refractivity contribution in [2.24, 2.45) is 5.73 Å². The predicted octanol–water partition coefficient (Wildman–Crippen LogP) is 1.97. The first-order valence-corrected chi connectivity index (χ1v) is 5.69. The van der Waals surface area contributed by atoms with Gasteiger partial charge in [0.2, 0.25) is 0 Å². The monoisotopic (exact) mass is 257 g/mol. The number of anilines is 1. The van der Waals surface area contributed by atoms with Crippen LogP contribution in [0.25, 0.3) is 0 Å². The van der Waals surface area contributed by atoms with Crippen LogP contribution >= 0.6 is 12.2 Å². The molecule has 0 aliphatic heterocycles. The van der Waals surface area contributed by atoms with E-state index in [1.807, 2.05) is 0 Å². The molecule has 0 radical (unpaired) electrons. The first-order valence-electron chi connectivity index (χ1n) is 5.28. The highest BCUT2D eigenvalue weighted by molar-refractivity contribution is 7.80. The lowest BCUT2D eigenvalue weighted by Crippen LogP contribution is -2.14. The number of carbonyl (C=O) groups is 1. The summed E-state index contributed by atoms with van der Waals surface area (Å²) in [6.07, 6.45) is 3.22. The van der Waals surface area contributed by atoms with Gasteiger partial charge in [-0.3, -0.25) is 9.78 Å². The fourth-order valence-corrected chi connectivity index (χ4v) is 1.58. The average Bonchev–Trinajstić information content (AvgIpc) is 2.40. The Morgan fingerprint density at radius 1 is 1.22 bits per heavy atom. The van der Waals surface area contributed by atoms with Crippen LogP contribution in [0.2, 0.25) is 0 Å². The van der Waals surface area contributed by atoms with Gasteiger partial charge in [-0.15, -0.1) is 0 Å². The molecule has 0 atom stereocenters. The number of benzene rings is 1. The van der Waals surface area contributed by atoms with Crippen LogP contribution in [0, 0.1) is 0 Å². The van der Waals surface area contributed by atoms with E-state index in [1.54, 1.807) is 48.8 Å². The van der Waals surface area contributed by atoms with Crippen molar-refractivity contribution in [3.63, 3.8) is 0 Å². The van der Waals surface area contributed by atoms with Crippen molar-refractivity contribution in [3.05, 3.63) is 59.9 Å². The first kappa shape index (κ1) is 12.2. The molecule has 0 aliphatic carbocycles. The Bertz CT molecular complexity index is 584. The van der Waals surface area contributed by atoms with Crippen LogP contribution in [0.1, 0.15) is 15.9 Å². The molecule has 3 N–H and O–H groups in total. The topological polar surface area (TPSA) is 68.0 Å². The Morgan fingerprint density at radius 3 is 2.67 bits per heavy atom. The van der Waals surface area contributed by atoms with Crippen molar-refractivity contribution in [1.29, 1.82) is 0 Å². The molecule has 1 aromatic carbocycles. The van der Waals surface area contributed by atoms with Crippen molar-refractivity contribution >= 4 is 28.8 Å². The normalized spacial score (nSPS) is 9.78. The highest BCUT2D eigenvalue weighted by Crippen LogP contribution is 2.09. The molecule has 90 valence electrons. The van der Waals surface area contributed by atoms with Crippen molar-refractivity contribution in [2.75, 3.05) is 5.32 Å². The number of aromatic nitrogens is 1. The van der Waals surface area contributed by atoms with Crippen LogP contribution < -0.4 is 11.1 Å². The van der Waals surface area contributed by atoms with Gasteiger partial charge in [0, 0.05) is 17.3 Å². The number of hydrogen-bond donors (Lipinski definition) is 2. The molecule has 1 aromatic heterocycles. The second-order valence-electron chi connectivity index (χ2n) is 3.64. The maximum Gasteiger partial charge on any atom is 0.255 e. The Labute approximate surface area is 110 Å². The summed E-state index contributed by atoms with van der Waals surface area (Å²) >= 11 is 4.87. The van der Waals surface area contributed by atoms with E-state index in [2.05, 4.69) is 10.3 Å². The lowest BCUT2D eigenvalue weighted by molar-refractivity contribution is 0.102. The van der Waals surface area contributed by atoms with E-state index in [0.29, 0.717) is 16.8 Å². The molecule has 18 heavy (non-hydrogen) atoms. The number of nitrogens with one attached hydrogen (secondary N) is 1. The van der Waals surface area contributed by atoms with Crippen LogP contribution in [0.3, 0.4) is 0 Å². The minimum atomic E-state index is -0.221. The molecule has 1 heterocycles. The van der Waals surface area contributed by atoms with E-state index >= 15 is 0 Å². The Kier molecular flexibility index (Phi) is 3.64. The standard InChI is InChI=1S/C13H11N3OS/c14-12(18)9-3-1-4-10(7-9)13(17)16-11-5-2-6-15-8-11/h1-8H,(H2,14,18)(H,16,17). The zero-order valence-electron chi connectivity index (χ0n) is 9.46. The van der Waals surface area contributed by atoms with E-state index in [0.717, 1.165) is 0 Å². The molecule has 0 spiro atoms. The molecule has 0 fully saturated rings. The van der Waals surface area contributed by atoms with Gasteiger partial charge >= 0.3 is 0 Å². The van der Waals surface area contributed by atoms with Gasteiger partial charge < -0.3 is 11.1 Å². The molecular weight excluding hydrogens is 246 g/mol. The van der Waals surface area contributed by atoms with E-state index < -0.39 is 0 Å². The van der Waals surface area contributed by atoms with Crippen LogP contribution in [0.15, 0.2) is 48.8 Å². The highest BCUT2D eigenvalue weighted by Gasteiger charge is 2.07. The molecule has 2 rings (SSSR count). The van der Waals surface area contributed by atoms with Gasteiger partial charge in [-0.1, -0.05) is 24.4 Å². The number of amides is 1. The molecule has 0 aliphatic rings. The summed E-state index contributed by atoms with van der Waals surface area (Å²) in [6.45, 7) is 0. The maximum atomic E-state index is 12.0. The number of thiocarbonyl (C=S) groups is 1. The van der Waals surface area contributed by atoms with E-state index in [-0.39, 0.29) is 10.9 Å². The van der Waals surface area contributed by atoms with Crippen LogP contribution in [0.4, 0.5) is 5.69 Å². The quantitative estimate of drug-likeness (QED) is 0.825. The van der Waals surface area contributed by atoms with E-state index in [4.69, 9.17) is 18.0 Å². The SMILES string of the molecule is NC(=S)c1cccc(C(=O)Nc2cccnc2)c1. The Hall–Kier alpha value is -2.27. The fraction of sp³-hybridized carbons (Fsp3) is 0. The molecule has 0 bridgehead atoms. The van der Waals surface area contributed by atoms with Gasteiger partial charge in [0.05, 0.1) is 11.9 Å². The summed E-state index contributed by atoms with van der Waals surface area (Å²) < 4.78 is 0. The van der Waals surface area contributed by atoms with E-state index in [9.17, 15) is 4.79 Å². The Morgan fingerprint density at radius 2 is 2.00 bits per heavy atom. The van der Waals surface area contributed by atoms with Crippen LogP contribution in [-0.4, -0.2) is 15.9 Å². The summed E-state index contributed by atoms with van der Waals surface area (Å²) in [6, 6.07) is 10.4. The number of hydrogen-bond acceptors (Lipinski definition) is 3. The van der Waals surface area contributed by atoms with Crippen molar-refractivity contribution in [2.45, 2.75) is 0 Å². The van der Waals surface area contributed by atoms with E-state index in [1.165, 1.54) is 0 Å². The second-order valence-corrected chi connectivity index (χ2v) is 4.08. The smallest absolute Gasteiger partial charge is 0.255 e. The number of pyridine rings is 1. The molecule has 5 heteroatoms. The third kappa shape index (κ3) is 2.89. The fourth-order valence-electron chi connectivity index (χ4n) is 1.45. The molecular formula is C13H11N3OS. The van der Waals surface area contributed by atoms with Crippen molar-refractivity contribution in [1.82, 2.24) is 4.98 Å². The molecule has 1 amide bonds. The summed E-state index contributed by atoms with van der Waals surface area (Å²) in [7, 11) is 0. The average molecular weight is 257 g/mol. The number of nitrogens with zero attached hydrogens (tertiary/aromatic N) is 1.